The number of nitrogens with zero attached hydrogens (tertiary/aromatic N) is 4. The quantitative estimate of drug-likeness (QED) is 0.170. The first-order valence-corrected chi connectivity index (χ1v) is 19.4. The Hall–Kier alpha value is -6.30. The molecule has 0 unspecified atom stereocenters. The first-order chi connectivity index (χ1) is 26.4. The van der Waals surface area contributed by atoms with Gasteiger partial charge in [-0.05, 0) is 79.1 Å². The van der Waals surface area contributed by atoms with E-state index < -0.39 is 0 Å². The maximum atomic E-state index is 5.42. The summed E-state index contributed by atoms with van der Waals surface area (Å²) >= 11 is 1.90. The van der Waals surface area contributed by atoms with Crippen molar-refractivity contribution in [3.63, 3.8) is 0 Å². The van der Waals surface area contributed by atoms with Crippen molar-refractivity contribution in [3.05, 3.63) is 162 Å². The fraction of sp³-hybridized carbons (Fsp3) is 0.102. The van der Waals surface area contributed by atoms with Gasteiger partial charge in [0.25, 0.3) is 0 Å². The number of benzene rings is 6. The summed E-state index contributed by atoms with van der Waals surface area (Å²) in [6, 6.07) is 48.2. The molecule has 1 aliphatic rings. The van der Waals surface area contributed by atoms with Gasteiger partial charge in [0, 0.05) is 48.3 Å². The van der Waals surface area contributed by atoms with E-state index in [-0.39, 0.29) is 5.41 Å². The van der Waals surface area contributed by atoms with Crippen LogP contribution in [0.2, 0.25) is 0 Å². The Labute approximate surface area is 317 Å². The molecule has 5 heteroatoms. The summed E-state index contributed by atoms with van der Waals surface area (Å²) in [5.41, 5.74) is 13.7. The Balaban J connectivity index is 1.10. The number of aromatic nitrogens is 4. The highest BCUT2D eigenvalue weighted by atomic mass is 32.1. The minimum atomic E-state index is -0.229. The molecule has 0 atom stereocenters. The van der Waals surface area contributed by atoms with Crippen LogP contribution in [-0.4, -0.2) is 19.1 Å². The highest BCUT2D eigenvalue weighted by Gasteiger charge is 2.36. The topological polar surface area (TPSA) is 35.6 Å². The van der Waals surface area contributed by atoms with Gasteiger partial charge in [-0.3, -0.25) is 0 Å². The van der Waals surface area contributed by atoms with Gasteiger partial charge in [-0.2, -0.15) is 0 Å². The molecular weight excluding hydrogens is 677 g/mol. The number of allylic oxidation sites excluding steroid dienone is 4. The molecule has 0 amide bonds. The van der Waals surface area contributed by atoms with Crippen molar-refractivity contribution in [2.45, 2.75) is 33.1 Å². The van der Waals surface area contributed by atoms with Crippen LogP contribution in [-0.2, 0) is 5.41 Å². The summed E-state index contributed by atoms with van der Waals surface area (Å²) in [5.74, 6) is 0.729. The third-order valence-electron chi connectivity index (χ3n) is 11.6. The lowest BCUT2D eigenvalue weighted by Gasteiger charge is -2.35. The molecule has 1 aliphatic heterocycles. The van der Waals surface area contributed by atoms with Gasteiger partial charge < -0.3 is 9.13 Å². The maximum Gasteiger partial charge on any atom is 0.160 e. The summed E-state index contributed by atoms with van der Waals surface area (Å²) in [6.45, 7) is 9.02. The van der Waals surface area contributed by atoms with Crippen LogP contribution >= 0.6 is 11.3 Å². The Morgan fingerprint density at radius 2 is 1.31 bits per heavy atom. The van der Waals surface area contributed by atoms with Crippen molar-refractivity contribution in [3.8, 4) is 17.1 Å². The average molecular weight is 713 g/mol. The van der Waals surface area contributed by atoms with Crippen molar-refractivity contribution >= 4 is 86.5 Å². The van der Waals surface area contributed by atoms with Gasteiger partial charge in [0.05, 0.1) is 43.7 Å². The van der Waals surface area contributed by atoms with Gasteiger partial charge in [0.15, 0.2) is 5.82 Å². The van der Waals surface area contributed by atoms with Crippen LogP contribution in [0.5, 0.6) is 0 Å². The normalized spacial score (nSPS) is 14.3. The predicted octanol–water partition coefficient (Wildman–Crippen LogP) is 13.3. The summed E-state index contributed by atoms with van der Waals surface area (Å²) in [4.78, 5) is 10.6. The van der Waals surface area contributed by atoms with E-state index in [4.69, 9.17) is 9.97 Å². The van der Waals surface area contributed by atoms with Gasteiger partial charge in [-0.1, -0.05) is 111 Å². The second-order valence-electron chi connectivity index (χ2n) is 15.0. The van der Waals surface area contributed by atoms with Crippen LogP contribution in [0.4, 0.5) is 0 Å². The van der Waals surface area contributed by atoms with Gasteiger partial charge in [-0.25, -0.2) is 9.97 Å². The van der Waals surface area contributed by atoms with E-state index in [0.717, 1.165) is 39.3 Å². The minimum Gasteiger partial charge on any atom is -0.313 e. The molecule has 5 heterocycles. The van der Waals surface area contributed by atoms with Crippen molar-refractivity contribution in [1.82, 2.24) is 19.1 Å². The lowest BCUT2D eigenvalue weighted by Crippen LogP contribution is -2.26. The molecule has 0 saturated carbocycles. The molecule has 258 valence electrons. The molecule has 0 spiro atoms. The highest BCUT2D eigenvalue weighted by Crippen LogP contribution is 2.51. The van der Waals surface area contributed by atoms with E-state index in [9.17, 15) is 0 Å². The van der Waals surface area contributed by atoms with Crippen LogP contribution in [0, 0.1) is 0 Å². The third kappa shape index (κ3) is 4.24. The van der Waals surface area contributed by atoms with Crippen LogP contribution in [0.15, 0.2) is 146 Å². The fourth-order valence-electron chi connectivity index (χ4n) is 9.08. The predicted molar refractivity (Wildman–Crippen MR) is 230 cm³/mol. The van der Waals surface area contributed by atoms with E-state index in [1.807, 2.05) is 11.3 Å². The summed E-state index contributed by atoms with van der Waals surface area (Å²) in [7, 11) is 0. The molecule has 0 N–H and O–H groups in total. The molecule has 6 aromatic carbocycles. The molecule has 11 rings (SSSR count). The molecule has 0 aliphatic carbocycles. The largest absolute Gasteiger partial charge is 0.313 e. The molecule has 0 bridgehead atoms. The molecule has 10 aromatic rings. The first kappa shape index (κ1) is 31.2. The Bertz CT molecular complexity index is 3220. The first-order valence-electron chi connectivity index (χ1n) is 18.6. The van der Waals surface area contributed by atoms with Gasteiger partial charge in [0.2, 0.25) is 0 Å². The van der Waals surface area contributed by atoms with Crippen LogP contribution in [0.25, 0.3) is 92.3 Å². The SMILES string of the molecule is C/C=C(\C=C(/C)n1c2ccccc2c2ccccc21)c1nc(-c2ccc3c(c2)C(C)(C)c2cccc4c5sc6ccccc6c5n-3c24)nc2ccccc12. The fourth-order valence-corrected chi connectivity index (χ4v) is 10.3. The molecule has 0 radical (unpaired) electrons. The monoisotopic (exact) mass is 712 g/mol. The lowest BCUT2D eigenvalue weighted by molar-refractivity contribution is 0.630. The molecule has 54 heavy (non-hydrogen) atoms. The highest BCUT2D eigenvalue weighted by molar-refractivity contribution is 7.26. The summed E-state index contributed by atoms with van der Waals surface area (Å²) in [5, 5.41) is 6.18. The number of para-hydroxylation sites is 4. The zero-order valence-electron chi connectivity index (χ0n) is 30.6. The van der Waals surface area contributed by atoms with Crippen LogP contribution in [0.1, 0.15) is 44.5 Å². The lowest BCUT2D eigenvalue weighted by atomic mass is 9.74. The Morgan fingerprint density at radius 3 is 2.07 bits per heavy atom. The number of hydrogen-bond donors (Lipinski definition) is 0. The smallest absolute Gasteiger partial charge is 0.160 e. The zero-order valence-corrected chi connectivity index (χ0v) is 31.4. The van der Waals surface area contributed by atoms with Crippen molar-refractivity contribution < 1.29 is 0 Å². The molecule has 4 nitrogen and oxygen atoms in total. The van der Waals surface area contributed by atoms with Crippen LogP contribution < -0.4 is 0 Å². The third-order valence-corrected chi connectivity index (χ3v) is 12.8. The molecule has 0 saturated heterocycles. The second-order valence-corrected chi connectivity index (χ2v) is 16.0. The van der Waals surface area contributed by atoms with Crippen molar-refractivity contribution in [1.29, 1.82) is 0 Å². The van der Waals surface area contributed by atoms with Gasteiger partial charge >= 0.3 is 0 Å². The average Bonchev–Trinajstić information content (AvgIpc) is 3.86. The van der Waals surface area contributed by atoms with E-state index in [2.05, 4.69) is 182 Å². The summed E-state index contributed by atoms with van der Waals surface area (Å²) in [6.07, 6.45) is 4.45. The van der Waals surface area contributed by atoms with E-state index >= 15 is 0 Å². The van der Waals surface area contributed by atoms with E-state index in [1.54, 1.807) is 0 Å². The number of thiophene rings is 1. The van der Waals surface area contributed by atoms with E-state index in [0.29, 0.717) is 0 Å². The zero-order chi connectivity index (χ0) is 36.3. The Morgan fingerprint density at radius 1 is 0.648 bits per heavy atom. The van der Waals surface area contributed by atoms with Crippen LogP contribution in [0.3, 0.4) is 0 Å². The standard InChI is InChI=1S/C49H36N4S/c1-5-30(27-29(2)52-40-22-11-7-15-32(40)33-16-8-12-23-41(33)52)44-34-17-6-10-21-39(34)50-48(51-44)31-25-26-42-38(28-31)49(3,4)37-20-14-19-36-45(37)53(42)46-35-18-9-13-24-43(35)54-47(36)46/h5-28H,1-4H3/b29-27+,30-5+. The van der Waals surface area contributed by atoms with E-state index in [1.165, 1.54) is 69.8 Å². The molecule has 4 aromatic heterocycles. The minimum absolute atomic E-state index is 0.229. The van der Waals surface area contributed by atoms with Gasteiger partial charge in [-0.15, -0.1) is 11.3 Å². The van der Waals surface area contributed by atoms with Gasteiger partial charge in [0.1, 0.15) is 0 Å². The Kier molecular flexibility index (Phi) is 6.57. The maximum absolute atomic E-state index is 5.42. The second kappa shape index (κ2) is 11.3. The molecule has 0 fully saturated rings. The van der Waals surface area contributed by atoms with Crippen molar-refractivity contribution in [2.75, 3.05) is 0 Å². The number of hydrogen-bond acceptors (Lipinski definition) is 3. The van der Waals surface area contributed by atoms with Crippen molar-refractivity contribution in [2.24, 2.45) is 0 Å². The summed E-state index contributed by atoms with van der Waals surface area (Å²) < 4.78 is 7.57. The molecular formula is C49H36N4S. The number of rotatable bonds is 4. The number of fused-ring (bicyclic) bond motifs is 11.